The number of aliphatic hydroxyl groups excluding tert-OH is 1. The van der Waals surface area contributed by atoms with Gasteiger partial charge in [0, 0.05) is 11.6 Å². The van der Waals surface area contributed by atoms with Crippen LogP contribution in [0.4, 0.5) is 0 Å². The zero-order chi connectivity index (χ0) is 10.2. The molecule has 0 atom stereocenters. The van der Waals surface area contributed by atoms with Gasteiger partial charge in [0.15, 0.2) is 0 Å². The van der Waals surface area contributed by atoms with E-state index >= 15 is 0 Å². The van der Waals surface area contributed by atoms with Gasteiger partial charge in [0.05, 0.1) is 0 Å². The van der Waals surface area contributed by atoms with Gasteiger partial charge < -0.3 is 5.11 Å². The normalized spacial score (nSPS) is 9.29. The van der Waals surface area contributed by atoms with Gasteiger partial charge in [-0.05, 0) is 30.0 Å². The molecular formula is C12H13BrO. The van der Waals surface area contributed by atoms with Crippen LogP contribution in [-0.2, 0) is 12.8 Å². The number of halogens is 1. The molecule has 1 rings (SSSR count). The molecular weight excluding hydrogens is 240 g/mol. The quantitative estimate of drug-likeness (QED) is 0.818. The first-order chi connectivity index (χ1) is 6.88. The molecule has 1 aromatic rings. The Morgan fingerprint density at radius 3 is 2.64 bits per heavy atom. The van der Waals surface area contributed by atoms with Crippen molar-refractivity contribution in [1.82, 2.24) is 0 Å². The highest BCUT2D eigenvalue weighted by Crippen LogP contribution is 2.10. The molecule has 0 heterocycles. The van der Waals surface area contributed by atoms with Crippen molar-refractivity contribution in [2.75, 3.05) is 6.61 Å². The SMILES string of the molecule is OCCc1ccccc1CC=C=CBr. The van der Waals surface area contributed by atoms with Crippen molar-refractivity contribution in [2.24, 2.45) is 0 Å². The summed E-state index contributed by atoms with van der Waals surface area (Å²) < 4.78 is 0. The Morgan fingerprint density at radius 2 is 2.00 bits per heavy atom. The summed E-state index contributed by atoms with van der Waals surface area (Å²) in [5.74, 6) is 0. The predicted octanol–water partition coefficient (Wildman–Crippen LogP) is 2.83. The Bertz CT molecular complexity index is 338. The third-order valence-electron chi connectivity index (χ3n) is 2.00. The average molecular weight is 253 g/mol. The second kappa shape index (κ2) is 6.61. The van der Waals surface area contributed by atoms with E-state index in [1.165, 1.54) is 11.1 Å². The monoisotopic (exact) mass is 252 g/mol. The second-order valence-electron chi connectivity index (χ2n) is 2.93. The van der Waals surface area contributed by atoms with Crippen LogP contribution in [0.3, 0.4) is 0 Å². The maximum absolute atomic E-state index is 8.88. The highest BCUT2D eigenvalue weighted by molar-refractivity contribution is 9.11. The van der Waals surface area contributed by atoms with Crippen molar-refractivity contribution < 1.29 is 5.11 Å². The molecule has 1 aromatic carbocycles. The van der Waals surface area contributed by atoms with E-state index in [1.54, 1.807) is 4.99 Å². The van der Waals surface area contributed by atoms with Crippen molar-refractivity contribution in [3.63, 3.8) is 0 Å². The van der Waals surface area contributed by atoms with Crippen molar-refractivity contribution in [1.29, 1.82) is 0 Å². The lowest BCUT2D eigenvalue weighted by Crippen LogP contribution is -1.95. The number of aliphatic hydroxyl groups is 1. The molecule has 1 N–H and O–H groups in total. The van der Waals surface area contributed by atoms with Crippen LogP contribution in [0.25, 0.3) is 0 Å². The molecule has 74 valence electrons. The Kier molecular flexibility index (Phi) is 5.31. The summed E-state index contributed by atoms with van der Waals surface area (Å²) in [4.78, 5) is 1.71. The van der Waals surface area contributed by atoms with Crippen molar-refractivity contribution in [3.8, 4) is 0 Å². The minimum absolute atomic E-state index is 0.203. The fourth-order valence-corrected chi connectivity index (χ4v) is 1.52. The lowest BCUT2D eigenvalue weighted by molar-refractivity contribution is 0.299. The molecule has 0 bridgehead atoms. The van der Waals surface area contributed by atoms with Gasteiger partial charge in [-0.1, -0.05) is 40.2 Å². The highest BCUT2D eigenvalue weighted by Gasteiger charge is 1.98. The molecule has 14 heavy (non-hydrogen) atoms. The molecule has 2 heteroatoms. The van der Waals surface area contributed by atoms with E-state index in [9.17, 15) is 0 Å². The first-order valence-corrected chi connectivity index (χ1v) is 5.47. The van der Waals surface area contributed by atoms with Crippen LogP contribution < -0.4 is 0 Å². The zero-order valence-electron chi connectivity index (χ0n) is 7.91. The molecule has 0 aliphatic rings. The number of benzene rings is 1. The summed E-state index contributed by atoms with van der Waals surface area (Å²) in [6.45, 7) is 0.203. The standard InChI is InChI=1S/C12H13BrO/c13-9-4-3-7-11-5-1-2-6-12(11)8-10-14/h1-3,5-6,9,14H,7-8,10H2. The average Bonchev–Trinajstić information content (AvgIpc) is 2.21. The van der Waals surface area contributed by atoms with Crippen molar-refractivity contribution in [2.45, 2.75) is 12.8 Å². The fraction of sp³-hybridized carbons (Fsp3) is 0.250. The molecule has 0 aliphatic carbocycles. The minimum Gasteiger partial charge on any atom is -0.396 e. The largest absolute Gasteiger partial charge is 0.396 e. The summed E-state index contributed by atoms with van der Waals surface area (Å²) in [5.41, 5.74) is 5.43. The summed E-state index contributed by atoms with van der Waals surface area (Å²) in [5, 5.41) is 8.88. The van der Waals surface area contributed by atoms with E-state index in [-0.39, 0.29) is 6.61 Å². The molecule has 0 saturated heterocycles. The zero-order valence-corrected chi connectivity index (χ0v) is 9.50. The van der Waals surface area contributed by atoms with Crippen molar-refractivity contribution >= 4 is 15.9 Å². The predicted molar refractivity (Wildman–Crippen MR) is 62.5 cm³/mol. The van der Waals surface area contributed by atoms with Gasteiger partial charge in [-0.2, -0.15) is 0 Å². The van der Waals surface area contributed by atoms with Crippen LogP contribution >= 0.6 is 15.9 Å². The maximum Gasteiger partial charge on any atom is 0.0471 e. The number of allylic oxidation sites excluding steroid dienone is 1. The lowest BCUT2D eigenvalue weighted by Gasteiger charge is -2.04. The molecule has 0 spiro atoms. The van der Waals surface area contributed by atoms with E-state index in [0.717, 1.165) is 12.8 Å². The molecule has 0 aliphatic heterocycles. The molecule has 0 fully saturated rings. The van der Waals surface area contributed by atoms with Gasteiger partial charge in [-0.3, -0.25) is 0 Å². The van der Waals surface area contributed by atoms with Gasteiger partial charge in [-0.15, -0.1) is 5.73 Å². The molecule has 1 nitrogen and oxygen atoms in total. The highest BCUT2D eigenvalue weighted by atomic mass is 79.9. The first-order valence-electron chi connectivity index (χ1n) is 4.55. The van der Waals surface area contributed by atoms with Gasteiger partial charge in [0.2, 0.25) is 0 Å². The van der Waals surface area contributed by atoms with Gasteiger partial charge >= 0.3 is 0 Å². The molecule has 0 saturated carbocycles. The smallest absolute Gasteiger partial charge is 0.0471 e. The molecule has 0 amide bonds. The number of hydrogen-bond acceptors (Lipinski definition) is 1. The van der Waals surface area contributed by atoms with Crippen molar-refractivity contribution in [3.05, 3.63) is 52.2 Å². The van der Waals surface area contributed by atoms with Crippen LogP contribution in [-0.4, -0.2) is 11.7 Å². The summed E-state index contributed by atoms with van der Waals surface area (Å²) in [7, 11) is 0. The number of rotatable bonds is 4. The van der Waals surface area contributed by atoms with E-state index in [2.05, 4.69) is 33.8 Å². The molecule has 0 radical (unpaired) electrons. The van der Waals surface area contributed by atoms with E-state index in [1.807, 2.05) is 18.2 Å². The fourth-order valence-electron chi connectivity index (χ4n) is 1.33. The van der Waals surface area contributed by atoms with E-state index in [0.29, 0.717) is 0 Å². The Balaban J connectivity index is 2.78. The van der Waals surface area contributed by atoms with Crippen LogP contribution in [0.5, 0.6) is 0 Å². The van der Waals surface area contributed by atoms with E-state index < -0.39 is 0 Å². The maximum atomic E-state index is 8.88. The van der Waals surface area contributed by atoms with Gasteiger partial charge in [0.1, 0.15) is 0 Å². The third-order valence-corrected chi connectivity index (χ3v) is 2.27. The number of hydrogen-bond donors (Lipinski definition) is 1. The van der Waals surface area contributed by atoms with Gasteiger partial charge in [0.25, 0.3) is 0 Å². The second-order valence-corrected chi connectivity index (χ2v) is 3.38. The summed E-state index contributed by atoms with van der Waals surface area (Å²) >= 11 is 3.16. The topological polar surface area (TPSA) is 20.2 Å². The Hall–Kier alpha value is -0.820. The minimum atomic E-state index is 0.203. The van der Waals surface area contributed by atoms with Crippen LogP contribution in [0, 0.1) is 0 Å². The molecule has 0 aromatic heterocycles. The van der Waals surface area contributed by atoms with Gasteiger partial charge in [-0.25, -0.2) is 0 Å². The third kappa shape index (κ3) is 3.51. The van der Waals surface area contributed by atoms with Crippen LogP contribution in [0.15, 0.2) is 41.1 Å². The van der Waals surface area contributed by atoms with Crippen LogP contribution in [0.2, 0.25) is 0 Å². The summed E-state index contributed by atoms with van der Waals surface area (Å²) in [6, 6.07) is 8.15. The first kappa shape index (κ1) is 11.3. The summed E-state index contributed by atoms with van der Waals surface area (Å²) in [6.07, 6.45) is 3.55. The Labute approximate surface area is 92.9 Å². The van der Waals surface area contributed by atoms with Crippen LogP contribution in [0.1, 0.15) is 11.1 Å². The van der Waals surface area contributed by atoms with E-state index in [4.69, 9.17) is 5.11 Å². The molecule has 0 unspecified atom stereocenters. The lowest BCUT2D eigenvalue weighted by atomic mass is 10.0. The Morgan fingerprint density at radius 1 is 1.29 bits per heavy atom.